The van der Waals surface area contributed by atoms with Crippen LogP contribution in [0, 0.1) is 20.8 Å². The van der Waals surface area contributed by atoms with Crippen LogP contribution in [0.1, 0.15) is 62.0 Å². The van der Waals surface area contributed by atoms with Crippen molar-refractivity contribution in [2.45, 2.75) is 64.2 Å². The molecular weight excluding hydrogens is 651 g/mol. The SMILES string of the molecule is Cc1c(C)c2c(c(C)c1O)CCC(C)(COc1ccc(CC3SC(=O)NC3=O)cc1)O2.O=C(O)Cc1ccc(C(=O)c2cccs2)cc1. The number of phenols is 1. The van der Waals surface area contributed by atoms with E-state index in [0.717, 1.165) is 63.9 Å². The minimum atomic E-state index is -0.873. The van der Waals surface area contributed by atoms with E-state index in [-0.39, 0.29) is 28.6 Å². The number of aliphatic carboxylic acids is 1. The Bertz CT molecular complexity index is 1830. The normalized spacial score (nSPS) is 18.2. The van der Waals surface area contributed by atoms with Gasteiger partial charge in [0.2, 0.25) is 11.7 Å². The van der Waals surface area contributed by atoms with Gasteiger partial charge in [-0.1, -0.05) is 54.2 Å². The summed E-state index contributed by atoms with van der Waals surface area (Å²) in [7, 11) is 0. The van der Waals surface area contributed by atoms with E-state index in [1.807, 2.05) is 63.4 Å². The predicted octanol–water partition coefficient (Wildman–Crippen LogP) is 6.98. The third kappa shape index (κ3) is 8.08. The molecule has 250 valence electrons. The second-order valence-electron chi connectivity index (χ2n) is 12.2. The molecule has 0 bridgehead atoms. The molecule has 2 amide bonds. The van der Waals surface area contributed by atoms with Crippen molar-refractivity contribution in [3.05, 3.63) is 110 Å². The van der Waals surface area contributed by atoms with Crippen molar-refractivity contribution in [1.29, 1.82) is 0 Å². The lowest BCUT2D eigenvalue weighted by molar-refractivity contribution is -0.136. The van der Waals surface area contributed by atoms with Gasteiger partial charge in [0.25, 0.3) is 5.24 Å². The highest BCUT2D eigenvalue weighted by Gasteiger charge is 2.35. The summed E-state index contributed by atoms with van der Waals surface area (Å²) in [6.45, 7) is 8.28. The number of thioether (sulfide) groups is 1. The Balaban J connectivity index is 0.000000224. The molecule has 2 aliphatic heterocycles. The van der Waals surface area contributed by atoms with Gasteiger partial charge in [-0.25, -0.2) is 0 Å². The van der Waals surface area contributed by atoms with Crippen molar-refractivity contribution in [2.24, 2.45) is 0 Å². The zero-order chi connectivity index (χ0) is 34.6. The van der Waals surface area contributed by atoms with E-state index >= 15 is 0 Å². The molecule has 2 aliphatic rings. The van der Waals surface area contributed by atoms with Crippen LogP contribution < -0.4 is 14.8 Å². The van der Waals surface area contributed by atoms with Crippen LogP contribution in [0.25, 0.3) is 0 Å². The third-order valence-corrected chi connectivity index (χ3v) is 10.4. The lowest BCUT2D eigenvalue weighted by atomic mass is 9.87. The van der Waals surface area contributed by atoms with Crippen molar-refractivity contribution < 1.29 is 38.9 Å². The Morgan fingerprint density at radius 3 is 2.27 bits per heavy atom. The van der Waals surface area contributed by atoms with Crippen molar-refractivity contribution in [1.82, 2.24) is 5.32 Å². The van der Waals surface area contributed by atoms with Crippen molar-refractivity contribution in [3.8, 4) is 17.2 Å². The quantitative estimate of drug-likeness (QED) is 0.159. The van der Waals surface area contributed by atoms with Crippen LogP contribution in [-0.2, 0) is 28.9 Å². The molecule has 0 spiro atoms. The zero-order valence-electron chi connectivity index (χ0n) is 27.1. The average molecular weight is 688 g/mol. The Labute approximate surface area is 287 Å². The lowest BCUT2D eigenvalue weighted by Gasteiger charge is -2.37. The number of hydrogen-bond donors (Lipinski definition) is 3. The number of carbonyl (C=O) groups excluding carboxylic acids is 3. The van der Waals surface area contributed by atoms with Crippen LogP contribution in [-0.4, -0.2) is 50.6 Å². The average Bonchev–Trinajstić information content (AvgIpc) is 3.72. The number of carboxylic acid groups (broad SMARTS) is 1. The molecule has 9 nitrogen and oxygen atoms in total. The number of carboxylic acids is 1. The number of fused-ring (bicyclic) bond motifs is 1. The summed E-state index contributed by atoms with van der Waals surface area (Å²) in [4.78, 5) is 46.2. The number of ketones is 1. The molecule has 4 aromatic rings. The van der Waals surface area contributed by atoms with Gasteiger partial charge in [0.05, 0.1) is 16.5 Å². The van der Waals surface area contributed by atoms with Gasteiger partial charge >= 0.3 is 5.97 Å². The van der Waals surface area contributed by atoms with Gasteiger partial charge in [0.1, 0.15) is 29.5 Å². The van der Waals surface area contributed by atoms with Crippen LogP contribution in [0.15, 0.2) is 66.0 Å². The Morgan fingerprint density at radius 2 is 1.67 bits per heavy atom. The fourth-order valence-electron chi connectivity index (χ4n) is 5.59. The van der Waals surface area contributed by atoms with Crippen LogP contribution in [0.5, 0.6) is 17.2 Å². The monoisotopic (exact) mass is 687 g/mol. The van der Waals surface area contributed by atoms with Crippen molar-refractivity contribution in [3.63, 3.8) is 0 Å². The first-order valence-electron chi connectivity index (χ1n) is 15.5. The molecule has 1 aromatic heterocycles. The highest BCUT2D eigenvalue weighted by Crippen LogP contribution is 2.43. The van der Waals surface area contributed by atoms with Crippen molar-refractivity contribution >= 4 is 46.0 Å². The summed E-state index contributed by atoms with van der Waals surface area (Å²) in [5.74, 6) is 0.824. The zero-order valence-corrected chi connectivity index (χ0v) is 28.8. The maximum Gasteiger partial charge on any atom is 0.307 e. The molecule has 1 saturated heterocycles. The molecule has 3 aromatic carbocycles. The first-order chi connectivity index (χ1) is 22.8. The standard InChI is InChI=1S/C24H27NO5S.C13H10O3S/c1-13-14(2)21-18(15(3)20(13)26)9-10-24(4,30-21)12-29-17-7-5-16(6-8-17)11-19-22(27)25-23(28)31-19;14-12(15)8-9-3-5-10(6-4-9)13(16)11-2-1-7-17-11/h5-8,19,26H,9-12H2,1-4H3,(H,25,27,28);1-7H,8H2,(H,14,15). The Morgan fingerprint density at radius 1 is 0.979 bits per heavy atom. The van der Waals surface area contributed by atoms with Gasteiger partial charge in [-0.05, 0) is 98.4 Å². The van der Waals surface area contributed by atoms with Gasteiger partial charge in [-0.3, -0.25) is 24.5 Å². The number of hydrogen-bond acceptors (Lipinski definition) is 9. The molecule has 11 heteroatoms. The van der Waals surface area contributed by atoms with E-state index in [4.69, 9.17) is 14.6 Å². The molecule has 0 aliphatic carbocycles. The molecule has 2 unspecified atom stereocenters. The Hall–Kier alpha value is -4.61. The molecule has 2 atom stereocenters. The number of aromatic hydroxyl groups is 1. The summed E-state index contributed by atoms with van der Waals surface area (Å²) in [6.07, 6.45) is 2.11. The molecule has 3 N–H and O–H groups in total. The third-order valence-electron chi connectivity index (χ3n) is 8.56. The summed E-state index contributed by atoms with van der Waals surface area (Å²) < 4.78 is 12.4. The fraction of sp³-hybridized carbons (Fsp3) is 0.297. The minimum Gasteiger partial charge on any atom is -0.507 e. The number of thiophene rings is 1. The summed E-state index contributed by atoms with van der Waals surface area (Å²) >= 11 is 2.43. The number of phenolic OH excluding ortho intramolecular Hbond substituents is 1. The number of ether oxygens (including phenoxy) is 2. The molecule has 3 heterocycles. The number of benzene rings is 3. The number of amides is 2. The number of rotatable bonds is 9. The van der Waals surface area contributed by atoms with E-state index in [1.165, 1.54) is 11.3 Å². The largest absolute Gasteiger partial charge is 0.507 e. The first kappa shape index (κ1) is 34.7. The predicted molar refractivity (Wildman–Crippen MR) is 186 cm³/mol. The second kappa shape index (κ2) is 14.7. The molecule has 6 rings (SSSR count). The highest BCUT2D eigenvalue weighted by atomic mass is 32.2. The topological polar surface area (TPSA) is 139 Å². The van der Waals surface area contributed by atoms with Crippen molar-refractivity contribution in [2.75, 3.05) is 6.61 Å². The van der Waals surface area contributed by atoms with Gasteiger partial charge in [-0.2, -0.15) is 0 Å². The molecule has 0 saturated carbocycles. The van der Waals surface area contributed by atoms with E-state index in [2.05, 4.69) is 5.32 Å². The van der Waals surface area contributed by atoms with E-state index in [0.29, 0.717) is 34.8 Å². The Kier molecular flexibility index (Phi) is 10.6. The number of imide groups is 1. The van der Waals surface area contributed by atoms with E-state index in [1.54, 1.807) is 30.3 Å². The molecule has 1 fully saturated rings. The maximum absolute atomic E-state index is 11.9. The lowest BCUT2D eigenvalue weighted by Crippen LogP contribution is -2.42. The minimum absolute atomic E-state index is 0.0204. The van der Waals surface area contributed by atoms with Crippen LogP contribution in [0.3, 0.4) is 0 Å². The number of nitrogens with one attached hydrogen (secondary N) is 1. The smallest absolute Gasteiger partial charge is 0.307 e. The van der Waals surface area contributed by atoms with Gasteiger partial charge in [-0.15, -0.1) is 11.3 Å². The van der Waals surface area contributed by atoms with E-state index < -0.39 is 11.6 Å². The number of carbonyl (C=O) groups is 4. The maximum atomic E-state index is 11.9. The molecular formula is C37H37NO8S2. The van der Waals surface area contributed by atoms with Gasteiger partial charge in [0.15, 0.2) is 0 Å². The van der Waals surface area contributed by atoms with Gasteiger partial charge < -0.3 is 19.7 Å². The van der Waals surface area contributed by atoms with Crippen LogP contribution in [0.2, 0.25) is 0 Å². The summed E-state index contributed by atoms with van der Waals surface area (Å²) in [5.41, 5.74) is 5.59. The first-order valence-corrected chi connectivity index (χ1v) is 17.2. The molecule has 0 radical (unpaired) electrons. The van der Waals surface area contributed by atoms with Gasteiger partial charge in [0, 0.05) is 11.1 Å². The summed E-state index contributed by atoms with van der Waals surface area (Å²) in [5, 5.41) is 22.5. The van der Waals surface area contributed by atoms with Crippen LogP contribution >= 0.6 is 23.1 Å². The second-order valence-corrected chi connectivity index (χ2v) is 14.3. The highest BCUT2D eigenvalue weighted by molar-refractivity contribution is 8.15. The van der Waals surface area contributed by atoms with Crippen LogP contribution in [0.4, 0.5) is 4.79 Å². The fourth-order valence-corrected chi connectivity index (χ4v) is 7.14. The van der Waals surface area contributed by atoms with E-state index in [9.17, 15) is 24.3 Å². The summed E-state index contributed by atoms with van der Waals surface area (Å²) in [6, 6.07) is 17.9. The molecule has 48 heavy (non-hydrogen) atoms.